The van der Waals surface area contributed by atoms with Gasteiger partial charge in [-0.15, -0.1) is 0 Å². The van der Waals surface area contributed by atoms with Crippen molar-refractivity contribution in [2.45, 2.75) is 38.7 Å². The molecule has 45 heavy (non-hydrogen) atoms. The summed E-state index contributed by atoms with van der Waals surface area (Å²) in [7, 11) is 0. The number of aryl methyl sites for hydroxylation is 1. The fourth-order valence-electron chi connectivity index (χ4n) is 4.25. The maximum Gasteiger partial charge on any atom is 0.343 e. The van der Waals surface area contributed by atoms with Crippen LogP contribution in [0.3, 0.4) is 0 Å². The van der Waals surface area contributed by atoms with E-state index >= 15 is 0 Å². The topological polar surface area (TPSA) is 121 Å². The van der Waals surface area contributed by atoms with Gasteiger partial charge in [0.25, 0.3) is 0 Å². The predicted octanol–water partition coefficient (Wildman–Crippen LogP) is 6.53. The first kappa shape index (κ1) is 34.5. The molecule has 0 aliphatic rings. The van der Waals surface area contributed by atoms with E-state index in [1.807, 2.05) is 18.2 Å². The minimum Gasteiger partial charge on any atom is -0.490 e. The third kappa shape index (κ3) is 11.5. The number of ether oxygens (including phenoxy) is 5. The monoisotopic (exact) mass is 613 g/mol. The summed E-state index contributed by atoms with van der Waals surface area (Å²) < 4.78 is 27.2. The van der Waals surface area contributed by atoms with Crippen molar-refractivity contribution in [2.24, 2.45) is 0 Å². The Morgan fingerprint density at radius 3 is 2.20 bits per heavy atom. The molecule has 0 aliphatic carbocycles. The van der Waals surface area contributed by atoms with E-state index < -0.39 is 24.0 Å². The molecule has 0 bridgehead atoms. The second-order valence-electron chi connectivity index (χ2n) is 9.98. The van der Waals surface area contributed by atoms with Crippen LogP contribution in [-0.4, -0.2) is 56.7 Å². The molecule has 1 atom stereocenters. The van der Waals surface area contributed by atoms with Gasteiger partial charge in [0.2, 0.25) is 0 Å². The zero-order chi connectivity index (χ0) is 32.4. The summed E-state index contributed by atoms with van der Waals surface area (Å²) >= 11 is 0. The second kappa shape index (κ2) is 18.6. The van der Waals surface area contributed by atoms with Gasteiger partial charge in [-0.05, 0) is 72.4 Å². The fourth-order valence-corrected chi connectivity index (χ4v) is 4.25. The molecule has 0 amide bonds. The van der Waals surface area contributed by atoms with E-state index in [1.54, 1.807) is 36.4 Å². The molecule has 3 aromatic carbocycles. The predicted molar refractivity (Wildman–Crippen MR) is 172 cm³/mol. The van der Waals surface area contributed by atoms with Gasteiger partial charge in [0.15, 0.2) is 6.10 Å². The number of benzene rings is 3. The van der Waals surface area contributed by atoms with E-state index in [-0.39, 0.29) is 19.8 Å². The Morgan fingerprint density at radius 2 is 1.53 bits per heavy atom. The minimum atomic E-state index is -0.695. The lowest BCUT2D eigenvalue weighted by molar-refractivity contribution is -0.148. The number of unbranched alkanes of at least 4 members (excludes halogenated alkanes) is 1. The highest BCUT2D eigenvalue weighted by molar-refractivity contribution is 5.93. The number of rotatable bonds is 19. The molecule has 0 saturated carbocycles. The molecule has 0 aliphatic heterocycles. The van der Waals surface area contributed by atoms with Crippen LogP contribution in [0.4, 0.5) is 0 Å². The van der Waals surface area contributed by atoms with Crippen molar-refractivity contribution in [3.63, 3.8) is 0 Å². The Bertz CT molecular complexity index is 1450. The first-order valence-corrected chi connectivity index (χ1v) is 14.8. The molecular formula is C36H39NO8. The highest BCUT2D eigenvalue weighted by Gasteiger charge is 2.16. The number of carbonyl (C=O) groups excluding carboxylic acids is 3. The van der Waals surface area contributed by atoms with Crippen molar-refractivity contribution in [1.29, 1.82) is 5.41 Å². The molecule has 236 valence electrons. The largest absolute Gasteiger partial charge is 0.490 e. The van der Waals surface area contributed by atoms with Crippen LogP contribution in [0.15, 0.2) is 92.0 Å². The van der Waals surface area contributed by atoms with Crippen LogP contribution in [0.5, 0.6) is 11.5 Å². The van der Waals surface area contributed by atoms with Gasteiger partial charge in [0.1, 0.15) is 18.1 Å². The van der Waals surface area contributed by atoms with Crippen LogP contribution < -0.4 is 9.47 Å². The summed E-state index contributed by atoms with van der Waals surface area (Å²) in [6, 6.07) is 19.8. The molecule has 0 spiro atoms. The molecule has 0 heterocycles. The number of esters is 3. The molecular weight excluding hydrogens is 574 g/mol. The first-order valence-electron chi connectivity index (χ1n) is 14.8. The third-order valence-electron chi connectivity index (χ3n) is 6.57. The van der Waals surface area contributed by atoms with Gasteiger partial charge in [-0.2, -0.15) is 0 Å². The fraction of sp³-hybridized carbons (Fsp3) is 0.278. The van der Waals surface area contributed by atoms with Crippen LogP contribution >= 0.6 is 0 Å². The van der Waals surface area contributed by atoms with Gasteiger partial charge in [-0.3, -0.25) is 0 Å². The molecule has 3 aromatic rings. The standard InChI is InChI=1S/C36H39NO8/c1-4-9-26-10-12-27(13-11-26)33-19-18-31(22-29(33)23-37)45-36(40)28-14-16-30(17-15-28)43-25-32(44-35(39)6-3)24-41-20-7-8-21-42-34(38)5-2/h5-6,10-19,22-23,32,37H,2-4,7-9,20-21,24-25H2,1H3. The lowest BCUT2D eigenvalue weighted by Crippen LogP contribution is -2.29. The summed E-state index contributed by atoms with van der Waals surface area (Å²) in [6.07, 6.45) is 6.06. The van der Waals surface area contributed by atoms with Crippen molar-refractivity contribution in [3.05, 3.63) is 109 Å². The zero-order valence-electron chi connectivity index (χ0n) is 25.5. The second-order valence-corrected chi connectivity index (χ2v) is 9.98. The van der Waals surface area contributed by atoms with Crippen LogP contribution in [-0.2, 0) is 30.2 Å². The van der Waals surface area contributed by atoms with E-state index in [0.29, 0.717) is 42.1 Å². The summed E-state index contributed by atoms with van der Waals surface area (Å²) in [4.78, 5) is 35.7. The molecule has 9 heteroatoms. The number of carbonyl (C=O) groups is 3. The highest BCUT2D eigenvalue weighted by Crippen LogP contribution is 2.28. The molecule has 0 radical (unpaired) electrons. The molecule has 9 nitrogen and oxygen atoms in total. The van der Waals surface area contributed by atoms with Crippen molar-refractivity contribution < 1.29 is 38.1 Å². The van der Waals surface area contributed by atoms with Crippen LogP contribution in [0, 0.1) is 5.41 Å². The quantitative estimate of drug-likeness (QED) is 0.0533. The number of nitrogens with one attached hydrogen (secondary N) is 1. The Hall–Kier alpha value is -5.02. The number of hydrogen-bond acceptors (Lipinski definition) is 9. The maximum absolute atomic E-state index is 12.8. The Labute approximate surface area is 263 Å². The minimum absolute atomic E-state index is 0.0143. The van der Waals surface area contributed by atoms with Gasteiger partial charge in [-0.1, -0.05) is 56.8 Å². The zero-order valence-corrected chi connectivity index (χ0v) is 25.5. The lowest BCUT2D eigenvalue weighted by atomic mass is 9.98. The molecule has 1 N–H and O–H groups in total. The van der Waals surface area contributed by atoms with E-state index in [0.717, 1.165) is 36.1 Å². The molecule has 0 saturated heterocycles. The summed E-state index contributed by atoms with van der Waals surface area (Å²) in [6.45, 7) is 9.65. The Kier molecular flexibility index (Phi) is 14.2. The molecule has 3 rings (SSSR count). The maximum atomic E-state index is 12.8. The van der Waals surface area contributed by atoms with E-state index in [9.17, 15) is 14.4 Å². The van der Waals surface area contributed by atoms with Gasteiger partial charge in [0.05, 0.1) is 18.8 Å². The average Bonchev–Trinajstić information content (AvgIpc) is 3.07. The van der Waals surface area contributed by atoms with Gasteiger partial charge in [0, 0.05) is 30.5 Å². The molecule has 0 fully saturated rings. The van der Waals surface area contributed by atoms with E-state index in [2.05, 4.69) is 32.2 Å². The normalized spacial score (nSPS) is 11.1. The highest BCUT2D eigenvalue weighted by atomic mass is 16.6. The first-order chi connectivity index (χ1) is 21.9. The molecule has 0 aromatic heterocycles. The van der Waals surface area contributed by atoms with E-state index in [1.165, 1.54) is 11.8 Å². The van der Waals surface area contributed by atoms with Gasteiger partial charge < -0.3 is 29.1 Å². The van der Waals surface area contributed by atoms with Gasteiger partial charge >= 0.3 is 17.9 Å². The number of hydrogen-bond donors (Lipinski definition) is 1. The van der Waals surface area contributed by atoms with Crippen molar-refractivity contribution in [3.8, 4) is 22.6 Å². The Balaban J connectivity index is 1.52. The third-order valence-corrected chi connectivity index (χ3v) is 6.57. The molecule has 1 unspecified atom stereocenters. The summed E-state index contributed by atoms with van der Waals surface area (Å²) in [5.41, 5.74) is 4.07. The van der Waals surface area contributed by atoms with Gasteiger partial charge in [-0.25, -0.2) is 14.4 Å². The summed E-state index contributed by atoms with van der Waals surface area (Å²) in [5, 5.41) is 7.88. The lowest BCUT2D eigenvalue weighted by Gasteiger charge is -2.18. The van der Waals surface area contributed by atoms with Crippen LogP contribution in [0.2, 0.25) is 0 Å². The average molecular weight is 614 g/mol. The van der Waals surface area contributed by atoms with Crippen LogP contribution in [0.1, 0.15) is 47.7 Å². The van der Waals surface area contributed by atoms with Crippen molar-refractivity contribution >= 4 is 24.1 Å². The van der Waals surface area contributed by atoms with Crippen molar-refractivity contribution in [2.75, 3.05) is 26.4 Å². The SMILES string of the molecule is C=CC(=O)OCCCCOCC(COc1ccc(C(=O)Oc2ccc(-c3ccc(CCC)cc3)c(C=N)c2)cc1)OC(=O)C=C. The summed E-state index contributed by atoms with van der Waals surface area (Å²) in [5.74, 6) is -0.850. The van der Waals surface area contributed by atoms with E-state index in [4.69, 9.17) is 29.1 Å². The smallest absolute Gasteiger partial charge is 0.343 e. The van der Waals surface area contributed by atoms with Crippen LogP contribution in [0.25, 0.3) is 11.1 Å². The Morgan fingerprint density at radius 1 is 0.844 bits per heavy atom. The van der Waals surface area contributed by atoms with Crippen molar-refractivity contribution in [1.82, 2.24) is 0 Å².